The molecule has 0 aliphatic carbocycles. The van der Waals surface area contributed by atoms with Crippen LogP contribution in [0.1, 0.15) is 37.7 Å². The first-order chi connectivity index (χ1) is 10.3. The second-order valence-corrected chi connectivity index (χ2v) is 5.84. The van der Waals surface area contributed by atoms with E-state index in [-0.39, 0.29) is 18.0 Å². The number of hydrogen-bond donors (Lipinski definition) is 2. The molecule has 2 aromatic rings. The number of nitrogens with one attached hydrogen (secondary N) is 1. The number of fused-ring (bicyclic) bond motifs is 1. The Balaban J connectivity index is 2.27. The van der Waals surface area contributed by atoms with Crippen LogP contribution in [0.4, 0.5) is 0 Å². The van der Waals surface area contributed by atoms with Gasteiger partial charge in [-0.15, -0.1) is 0 Å². The quantitative estimate of drug-likeness (QED) is 0.883. The van der Waals surface area contributed by atoms with E-state index in [9.17, 15) is 9.59 Å². The number of para-hydroxylation sites is 2. The van der Waals surface area contributed by atoms with Crippen LogP contribution in [0, 0.1) is 5.92 Å². The van der Waals surface area contributed by atoms with Crippen LogP contribution < -0.4 is 5.32 Å². The summed E-state index contributed by atoms with van der Waals surface area (Å²) in [5.74, 6) is -1.42. The number of rotatable bonds is 5. The van der Waals surface area contributed by atoms with Gasteiger partial charge in [0.1, 0.15) is 5.69 Å². The summed E-state index contributed by atoms with van der Waals surface area (Å²) in [5, 5.41) is 11.8. The van der Waals surface area contributed by atoms with Crippen molar-refractivity contribution in [1.82, 2.24) is 15.3 Å². The molecule has 1 unspecified atom stereocenters. The molecule has 2 N–H and O–H groups in total. The van der Waals surface area contributed by atoms with Crippen LogP contribution in [0.25, 0.3) is 11.0 Å². The number of amides is 1. The maximum Gasteiger partial charge on any atom is 0.305 e. The van der Waals surface area contributed by atoms with Crippen LogP contribution in [0.15, 0.2) is 30.5 Å². The van der Waals surface area contributed by atoms with Crippen LogP contribution in [0.5, 0.6) is 0 Å². The fourth-order valence-electron chi connectivity index (χ4n) is 2.10. The van der Waals surface area contributed by atoms with Crippen molar-refractivity contribution in [3.8, 4) is 0 Å². The molecule has 0 spiro atoms. The Kier molecular flexibility index (Phi) is 4.40. The Morgan fingerprint density at radius 1 is 1.27 bits per heavy atom. The molecule has 6 heteroatoms. The molecule has 0 saturated heterocycles. The molecule has 1 amide bonds. The molecule has 2 rings (SSSR count). The van der Waals surface area contributed by atoms with Crippen molar-refractivity contribution in [2.75, 3.05) is 0 Å². The average Bonchev–Trinajstić information content (AvgIpc) is 2.45. The number of hydrogen-bond acceptors (Lipinski definition) is 4. The number of aromatic nitrogens is 2. The Morgan fingerprint density at radius 2 is 1.91 bits per heavy atom. The Hall–Kier alpha value is -2.50. The fourth-order valence-corrected chi connectivity index (χ4v) is 2.10. The highest BCUT2D eigenvalue weighted by atomic mass is 16.4. The summed E-state index contributed by atoms with van der Waals surface area (Å²) in [4.78, 5) is 31.9. The first-order valence-corrected chi connectivity index (χ1v) is 7.08. The Morgan fingerprint density at radius 3 is 2.50 bits per heavy atom. The van der Waals surface area contributed by atoms with Gasteiger partial charge in [-0.2, -0.15) is 0 Å². The maximum atomic E-state index is 12.4. The molecule has 0 aliphatic rings. The van der Waals surface area contributed by atoms with E-state index in [0.717, 1.165) is 0 Å². The zero-order chi connectivity index (χ0) is 16.3. The average molecular weight is 301 g/mol. The van der Waals surface area contributed by atoms with Gasteiger partial charge in [-0.3, -0.25) is 14.6 Å². The molecule has 0 saturated carbocycles. The molecule has 22 heavy (non-hydrogen) atoms. The zero-order valence-corrected chi connectivity index (χ0v) is 12.8. The normalized spacial score (nSPS) is 13.8. The highest BCUT2D eigenvalue weighted by Crippen LogP contribution is 2.21. The van der Waals surface area contributed by atoms with Gasteiger partial charge in [0.15, 0.2) is 0 Å². The molecule has 0 radical (unpaired) electrons. The molecular formula is C16H19N3O3. The van der Waals surface area contributed by atoms with Gasteiger partial charge in [0.25, 0.3) is 5.91 Å². The van der Waals surface area contributed by atoms with Crippen LogP contribution in [0.2, 0.25) is 0 Å². The lowest BCUT2D eigenvalue weighted by atomic mass is 9.85. The van der Waals surface area contributed by atoms with Gasteiger partial charge in [0, 0.05) is 0 Å². The third kappa shape index (κ3) is 3.39. The van der Waals surface area contributed by atoms with Crippen molar-refractivity contribution in [2.24, 2.45) is 5.92 Å². The minimum atomic E-state index is -0.957. The lowest BCUT2D eigenvalue weighted by molar-refractivity contribution is -0.138. The van der Waals surface area contributed by atoms with Crippen molar-refractivity contribution >= 4 is 22.9 Å². The highest BCUT2D eigenvalue weighted by molar-refractivity contribution is 5.94. The summed E-state index contributed by atoms with van der Waals surface area (Å²) in [6.45, 7) is 5.46. The van der Waals surface area contributed by atoms with E-state index in [4.69, 9.17) is 5.11 Å². The van der Waals surface area contributed by atoms with Crippen molar-refractivity contribution in [3.05, 3.63) is 36.2 Å². The van der Waals surface area contributed by atoms with E-state index in [1.54, 1.807) is 13.0 Å². The van der Waals surface area contributed by atoms with Gasteiger partial charge < -0.3 is 10.4 Å². The van der Waals surface area contributed by atoms with E-state index in [2.05, 4.69) is 15.3 Å². The van der Waals surface area contributed by atoms with Crippen LogP contribution in [-0.2, 0) is 4.79 Å². The zero-order valence-electron chi connectivity index (χ0n) is 12.8. The minimum absolute atomic E-state index is 0.0408. The van der Waals surface area contributed by atoms with Crippen molar-refractivity contribution in [3.63, 3.8) is 0 Å². The largest absolute Gasteiger partial charge is 0.481 e. The van der Waals surface area contributed by atoms with Crippen molar-refractivity contribution < 1.29 is 14.7 Å². The maximum absolute atomic E-state index is 12.4. The van der Waals surface area contributed by atoms with Crippen LogP contribution in [0.3, 0.4) is 0 Å². The van der Waals surface area contributed by atoms with Crippen molar-refractivity contribution in [2.45, 2.75) is 32.7 Å². The first-order valence-electron chi connectivity index (χ1n) is 7.08. The number of carboxylic acid groups (broad SMARTS) is 1. The van der Waals surface area contributed by atoms with Gasteiger partial charge in [-0.25, -0.2) is 4.98 Å². The van der Waals surface area contributed by atoms with Gasteiger partial charge in [-0.1, -0.05) is 26.0 Å². The Labute approximate surface area is 128 Å². The first kappa shape index (κ1) is 15.9. The molecule has 1 aromatic heterocycles. The number of aliphatic carboxylic acids is 1. The third-order valence-corrected chi connectivity index (χ3v) is 3.87. The smallest absolute Gasteiger partial charge is 0.305 e. The minimum Gasteiger partial charge on any atom is -0.481 e. The lowest BCUT2D eigenvalue weighted by Gasteiger charge is -2.33. The number of nitrogens with zero attached hydrogens (tertiary/aromatic N) is 2. The standard InChI is InChI=1S/C16H19N3O3/c1-10(2)16(3,8-14(20)21)19-15(22)13-9-17-11-6-4-5-7-12(11)18-13/h4-7,9-10H,8H2,1-3H3,(H,19,22)(H,20,21). The molecule has 0 bridgehead atoms. The van der Waals surface area contributed by atoms with Gasteiger partial charge in [0.05, 0.1) is 29.2 Å². The van der Waals surface area contributed by atoms with Gasteiger partial charge in [0.2, 0.25) is 0 Å². The number of carbonyl (C=O) groups is 2. The molecule has 0 aliphatic heterocycles. The molecule has 1 heterocycles. The van der Waals surface area contributed by atoms with E-state index >= 15 is 0 Å². The molecule has 1 atom stereocenters. The summed E-state index contributed by atoms with van der Waals surface area (Å²) >= 11 is 0. The predicted octanol–water partition coefficient (Wildman–Crippen LogP) is 2.25. The summed E-state index contributed by atoms with van der Waals surface area (Å²) in [5.41, 5.74) is 0.655. The third-order valence-electron chi connectivity index (χ3n) is 3.87. The van der Waals surface area contributed by atoms with Crippen LogP contribution in [-0.4, -0.2) is 32.5 Å². The SMILES string of the molecule is CC(C)C(C)(CC(=O)O)NC(=O)c1cnc2ccccc2n1. The summed E-state index contributed by atoms with van der Waals surface area (Å²) in [6.07, 6.45) is 1.25. The van der Waals surface area contributed by atoms with E-state index < -0.39 is 17.4 Å². The molecule has 1 aromatic carbocycles. The van der Waals surface area contributed by atoms with Crippen molar-refractivity contribution in [1.29, 1.82) is 0 Å². The molecule has 0 fully saturated rings. The lowest BCUT2D eigenvalue weighted by Crippen LogP contribution is -2.51. The molecule has 116 valence electrons. The fraction of sp³-hybridized carbons (Fsp3) is 0.375. The summed E-state index contributed by atoms with van der Waals surface area (Å²) in [6, 6.07) is 7.26. The second kappa shape index (κ2) is 6.09. The number of carbonyl (C=O) groups excluding carboxylic acids is 1. The topological polar surface area (TPSA) is 92.2 Å². The van der Waals surface area contributed by atoms with E-state index in [1.165, 1.54) is 6.20 Å². The summed E-state index contributed by atoms with van der Waals surface area (Å²) < 4.78 is 0. The number of benzene rings is 1. The van der Waals surface area contributed by atoms with Gasteiger partial charge in [-0.05, 0) is 25.0 Å². The van der Waals surface area contributed by atoms with Gasteiger partial charge >= 0.3 is 5.97 Å². The van der Waals surface area contributed by atoms with E-state index in [1.807, 2.05) is 32.0 Å². The van der Waals surface area contributed by atoms with E-state index in [0.29, 0.717) is 11.0 Å². The second-order valence-electron chi connectivity index (χ2n) is 5.84. The highest BCUT2D eigenvalue weighted by Gasteiger charge is 2.33. The Bertz CT molecular complexity index is 715. The number of carboxylic acids is 1. The molecule has 6 nitrogen and oxygen atoms in total. The molecular weight excluding hydrogens is 282 g/mol. The monoisotopic (exact) mass is 301 g/mol. The summed E-state index contributed by atoms with van der Waals surface area (Å²) in [7, 11) is 0. The predicted molar refractivity (Wildman–Crippen MR) is 82.5 cm³/mol. The van der Waals surface area contributed by atoms with Crippen LogP contribution >= 0.6 is 0 Å².